The van der Waals surface area contributed by atoms with Gasteiger partial charge in [-0.15, -0.1) is 0 Å². The number of epoxide rings is 1. The first-order chi connectivity index (χ1) is 15.0. The molecule has 1 aromatic carbocycles. The van der Waals surface area contributed by atoms with Crippen LogP contribution in [0.25, 0.3) is 0 Å². The maximum atomic E-state index is 12.9. The van der Waals surface area contributed by atoms with Gasteiger partial charge in [-0.3, -0.25) is 14.6 Å². The molecule has 168 valence electrons. The maximum absolute atomic E-state index is 12.9. The summed E-state index contributed by atoms with van der Waals surface area (Å²) in [5.74, 6) is 1.10. The highest BCUT2D eigenvalue weighted by Crippen LogP contribution is 2.62. The van der Waals surface area contributed by atoms with Gasteiger partial charge in [0.1, 0.15) is 6.10 Å². The Morgan fingerprint density at radius 2 is 1.81 bits per heavy atom. The van der Waals surface area contributed by atoms with Gasteiger partial charge in [0, 0.05) is 45.2 Å². The molecule has 1 spiro atoms. The first kappa shape index (κ1) is 20.2. The smallest absolute Gasteiger partial charge is 0.310 e. The highest BCUT2D eigenvalue weighted by atomic mass is 16.6. The summed E-state index contributed by atoms with van der Waals surface area (Å²) >= 11 is 0. The van der Waals surface area contributed by atoms with E-state index >= 15 is 0 Å². The van der Waals surface area contributed by atoms with Crippen molar-refractivity contribution in [1.29, 1.82) is 0 Å². The molecular formula is C26H36N2O3. The number of hydrogen-bond acceptors (Lipinski definition) is 5. The minimum atomic E-state index is 0.0490. The predicted molar refractivity (Wildman–Crippen MR) is 118 cm³/mol. The van der Waals surface area contributed by atoms with E-state index in [1.165, 1.54) is 24.8 Å². The lowest BCUT2D eigenvalue weighted by molar-refractivity contribution is -0.147. The van der Waals surface area contributed by atoms with Gasteiger partial charge in [0.2, 0.25) is 0 Å². The maximum Gasteiger partial charge on any atom is 0.310 e. The average molecular weight is 425 g/mol. The molecule has 2 aliphatic carbocycles. The van der Waals surface area contributed by atoms with Crippen molar-refractivity contribution in [1.82, 2.24) is 9.80 Å². The molecule has 5 fully saturated rings. The van der Waals surface area contributed by atoms with Crippen LogP contribution in [0.5, 0.6) is 0 Å². The Bertz CT molecular complexity index is 817. The minimum absolute atomic E-state index is 0.0490. The summed E-state index contributed by atoms with van der Waals surface area (Å²) < 4.78 is 12.1. The number of fused-ring (bicyclic) bond motifs is 3. The van der Waals surface area contributed by atoms with Gasteiger partial charge in [0.25, 0.3) is 0 Å². The predicted octanol–water partition coefficient (Wildman–Crippen LogP) is 3.33. The molecular weight excluding hydrogens is 388 g/mol. The summed E-state index contributed by atoms with van der Waals surface area (Å²) in [6.45, 7) is 9.50. The number of rotatable bonds is 4. The highest BCUT2D eigenvalue weighted by molar-refractivity contribution is 5.75. The van der Waals surface area contributed by atoms with Gasteiger partial charge in [-0.25, -0.2) is 0 Å². The lowest BCUT2D eigenvalue weighted by Gasteiger charge is -2.51. The second-order valence-electron chi connectivity index (χ2n) is 11.2. The van der Waals surface area contributed by atoms with Crippen LogP contribution in [0.15, 0.2) is 30.3 Å². The Morgan fingerprint density at radius 3 is 2.55 bits per heavy atom. The molecule has 0 bridgehead atoms. The quantitative estimate of drug-likeness (QED) is 0.548. The summed E-state index contributed by atoms with van der Waals surface area (Å²) in [6.07, 6.45) is 6.03. The molecule has 3 heterocycles. The molecule has 0 unspecified atom stereocenters. The fourth-order valence-corrected chi connectivity index (χ4v) is 7.42. The number of esters is 1. The molecule has 0 amide bonds. The second-order valence-corrected chi connectivity index (χ2v) is 11.2. The van der Waals surface area contributed by atoms with Gasteiger partial charge < -0.3 is 9.47 Å². The van der Waals surface area contributed by atoms with Crippen LogP contribution in [0.2, 0.25) is 0 Å². The Balaban J connectivity index is 1.08. The number of hydrogen-bond donors (Lipinski definition) is 0. The number of nitrogens with zero attached hydrogens (tertiary/aromatic N) is 2. The summed E-state index contributed by atoms with van der Waals surface area (Å²) in [7, 11) is 0. The van der Waals surface area contributed by atoms with Gasteiger partial charge in [0.15, 0.2) is 0 Å². The van der Waals surface area contributed by atoms with E-state index in [4.69, 9.17) is 9.47 Å². The Morgan fingerprint density at radius 1 is 1.06 bits per heavy atom. The van der Waals surface area contributed by atoms with Crippen LogP contribution >= 0.6 is 0 Å². The molecule has 3 aliphatic heterocycles. The summed E-state index contributed by atoms with van der Waals surface area (Å²) in [5, 5.41) is 0. The van der Waals surface area contributed by atoms with E-state index in [-0.39, 0.29) is 29.0 Å². The molecule has 31 heavy (non-hydrogen) atoms. The van der Waals surface area contributed by atoms with E-state index < -0.39 is 0 Å². The topological polar surface area (TPSA) is 45.3 Å². The summed E-state index contributed by atoms with van der Waals surface area (Å²) in [5.41, 5.74) is 1.80. The fourth-order valence-electron chi connectivity index (χ4n) is 7.42. The van der Waals surface area contributed by atoms with Crippen molar-refractivity contribution in [2.45, 2.75) is 57.3 Å². The molecule has 1 aromatic rings. The monoisotopic (exact) mass is 424 g/mol. The molecule has 5 nitrogen and oxygen atoms in total. The third kappa shape index (κ3) is 3.63. The van der Waals surface area contributed by atoms with Crippen LogP contribution in [-0.4, -0.2) is 66.8 Å². The molecule has 5 aliphatic rings. The van der Waals surface area contributed by atoms with Crippen molar-refractivity contribution in [3.05, 3.63) is 35.9 Å². The van der Waals surface area contributed by atoms with Gasteiger partial charge in [0.05, 0.1) is 18.1 Å². The van der Waals surface area contributed by atoms with Crippen molar-refractivity contribution >= 4 is 5.97 Å². The molecule has 6 rings (SSSR count). The molecule has 0 radical (unpaired) electrons. The summed E-state index contributed by atoms with van der Waals surface area (Å²) in [4.78, 5) is 18.0. The number of benzene rings is 1. The molecule has 6 atom stereocenters. The summed E-state index contributed by atoms with van der Waals surface area (Å²) in [6, 6.07) is 10.7. The van der Waals surface area contributed by atoms with Crippen molar-refractivity contribution in [2.75, 3.05) is 39.3 Å². The van der Waals surface area contributed by atoms with E-state index in [0.717, 1.165) is 58.7 Å². The molecule has 0 N–H and O–H groups in total. The standard InChI is InChI=1S/C26H36N2O3/c1-25-8-5-9-26(18-30-26)23(25)14-20-21(24(29)31-22(20)15-25)17-28-12-10-27(11-13-28)16-19-6-3-2-4-7-19/h2-4,6-7,20-23H,5,8-18H2,1H3/t20-,21-,22-,23+,25-,26-/m1/s1. The first-order valence-electron chi connectivity index (χ1n) is 12.4. The Kier molecular flexibility index (Phi) is 4.93. The van der Waals surface area contributed by atoms with Crippen molar-refractivity contribution in [3.8, 4) is 0 Å². The van der Waals surface area contributed by atoms with E-state index in [1.807, 2.05) is 0 Å². The van der Waals surface area contributed by atoms with Crippen LogP contribution in [0, 0.1) is 23.2 Å². The largest absolute Gasteiger partial charge is 0.462 e. The average Bonchev–Trinajstić information content (AvgIpc) is 3.47. The molecule has 0 aromatic heterocycles. The minimum Gasteiger partial charge on any atom is -0.462 e. The van der Waals surface area contributed by atoms with Crippen molar-refractivity contribution < 1.29 is 14.3 Å². The van der Waals surface area contributed by atoms with E-state index in [9.17, 15) is 4.79 Å². The van der Waals surface area contributed by atoms with Gasteiger partial charge in [-0.05, 0) is 49.0 Å². The second kappa shape index (κ2) is 7.57. The van der Waals surface area contributed by atoms with E-state index in [0.29, 0.717) is 11.8 Å². The van der Waals surface area contributed by atoms with E-state index in [1.54, 1.807) is 0 Å². The number of piperazine rings is 1. The third-order valence-corrected chi connectivity index (χ3v) is 9.25. The van der Waals surface area contributed by atoms with E-state index in [2.05, 4.69) is 47.1 Å². The Labute approximate surface area is 186 Å². The zero-order valence-corrected chi connectivity index (χ0v) is 18.8. The van der Waals surface area contributed by atoms with Crippen LogP contribution in [0.3, 0.4) is 0 Å². The third-order valence-electron chi connectivity index (χ3n) is 9.25. The molecule has 5 heteroatoms. The fraction of sp³-hybridized carbons (Fsp3) is 0.731. The van der Waals surface area contributed by atoms with Crippen molar-refractivity contribution in [2.24, 2.45) is 23.2 Å². The molecule has 3 saturated heterocycles. The van der Waals surface area contributed by atoms with Gasteiger partial charge in [-0.1, -0.05) is 37.3 Å². The normalized spacial score (nSPS) is 42.8. The van der Waals surface area contributed by atoms with Crippen molar-refractivity contribution in [3.63, 3.8) is 0 Å². The molecule has 2 saturated carbocycles. The first-order valence-corrected chi connectivity index (χ1v) is 12.4. The SMILES string of the molecule is C[C@]12CCC[C@@]3(CO3)[C@H]1C[C@H]1[C@@H](C2)OC(=O)[C@@H]1CN1CCN(Cc2ccccc2)CC1. The number of ether oxygens (including phenoxy) is 2. The highest BCUT2D eigenvalue weighted by Gasteiger charge is 2.65. The zero-order valence-electron chi connectivity index (χ0n) is 18.8. The zero-order chi connectivity index (χ0) is 21.1. The van der Waals surface area contributed by atoms with Crippen LogP contribution < -0.4 is 0 Å². The van der Waals surface area contributed by atoms with Crippen LogP contribution in [-0.2, 0) is 20.8 Å². The Hall–Kier alpha value is -1.43. The number of carbonyl (C=O) groups is 1. The van der Waals surface area contributed by atoms with Gasteiger partial charge in [-0.2, -0.15) is 0 Å². The lowest BCUT2D eigenvalue weighted by Crippen LogP contribution is -2.52. The van der Waals surface area contributed by atoms with Crippen LogP contribution in [0.1, 0.15) is 44.6 Å². The van der Waals surface area contributed by atoms with Gasteiger partial charge >= 0.3 is 5.97 Å². The van der Waals surface area contributed by atoms with Crippen LogP contribution in [0.4, 0.5) is 0 Å². The lowest BCUT2D eigenvalue weighted by atomic mass is 9.53. The number of carbonyl (C=O) groups excluding carboxylic acids is 1.